The molecule has 37 heavy (non-hydrogen) atoms. The van der Waals surface area contributed by atoms with Crippen LogP contribution in [-0.2, 0) is 19.1 Å². The van der Waals surface area contributed by atoms with Crippen LogP contribution in [0.25, 0.3) is 0 Å². The number of halogens is 3. The predicted octanol–water partition coefficient (Wildman–Crippen LogP) is 7.64. The fraction of sp³-hybridized carbons (Fsp3) is 0.138. The average Bonchev–Trinajstić information content (AvgIpc) is 2.88. The molecule has 0 bridgehead atoms. The molecule has 4 nitrogen and oxygen atoms in total. The molecule has 0 amide bonds. The van der Waals surface area contributed by atoms with Crippen LogP contribution in [0.5, 0.6) is 11.5 Å². The third-order valence-electron chi connectivity index (χ3n) is 5.53. The largest absolute Gasteiger partial charge is 0.508 e. The topological polar surface area (TPSA) is 56.1 Å². The highest BCUT2D eigenvalue weighted by Gasteiger charge is 2.30. The van der Waals surface area contributed by atoms with E-state index >= 15 is 0 Å². The van der Waals surface area contributed by atoms with Gasteiger partial charge in [-0.1, -0.05) is 54.2 Å². The minimum atomic E-state index is -4.42. The number of hydrogen-bond donors (Lipinski definition) is 2. The summed E-state index contributed by atoms with van der Waals surface area (Å²) in [5.41, 5.74) is 1.55. The molecule has 2 N–H and O–H groups in total. The first-order valence-electron chi connectivity index (χ1n) is 11.6. The summed E-state index contributed by atoms with van der Waals surface area (Å²) in [5, 5.41) is 20.2. The van der Waals surface area contributed by atoms with E-state index in [0.29, 0.717) is 30.4 Å². The average molecular weight is 523 g/mol. The van der Waals surface area contributed by atoms with Gasteiger partial charge in [0.25, 0.3) is 0 Å². The van der Waals surface area contributed by atoms with Crippen LogP contribution in [-0.4, -0.2) is 26.8 Å². The number of phenols is 2. The van der Waals surface area contributed by atoms with Crippen LogP contribution in [0.4, 0.5) is 18.9 Å². The Hall–Kier alpha value is -3.91. The lowest BCUT2D eigenvalue weighted by atomic mass is 10.1. The SMILES string of the molecule is Oc1ccc(CN(CCc2cccc(O)c2)C(=Nc2ccc(C(F)(F)F)cc2)Sc2ccccc2)cc1. The minimum Gasteiger partial charge on any atom is -0.508 e. The third-order valence-corrected chi connectivity index (χ3v) is 6.57. The fourth-order valence-corrected chi connectivity index (χ4v) is 4.57. The number of rotatable bonds is 7. The molecule has 8 heteroatoms. The summed E-state index contributed by atoms with van der Waals surface area (Å²) in [5.74, 6) is 0.340. The summed E-state index contributed by atoms with van der Waals surface area (Å²) in [6, 6.07) is 28.3. The Morgan fingerprint density at radius 2 is 1.46 bits per heavy atom. The third kappa shape index (κ3) is 7.79. The Labute approximate surface area is 217 Å². The van der Waals surface area contributed by atoms with Crippen molar-refractivity contribution in [1.29, 1.82) is 0 Å². The lowest BCUT2D eigenvalue weighted by Gasteiger charge is -2.26. The van der Waals surface area contributed by atoms with E-state index in [1.54, 1.807) is 30.3 Å². The molecule has 0 saturated carbocycles. The van der Waals surface area contributed by atoms with Crippen LogP contribution >= 0.6 is 11.8 Å². The zero-order valence-electron chi connectivity index (χ0n) is 19.8. The second-order valence-electron chi connectivity index (χ2n) is 8.36. The van der Waals surface area contributed by atoms with Gasteiger partial charge >= 0.3 is 6.18 Å². The smallest absolute Gasteiger partial charge is 0.416 e. The number of benzene rings is 4. The second kappa shape index (κ2) is 11.9. The van der Waals surface area contributed by atoms with Crippen LogP contribution in [0.15, 0.2) is 113 Å². The Balaban J connectivity index is 1.69. The lowest BCUT2D eigenvalue weighted by molar-refractivity contribution is -0.137. The zero-order valence-corrected chi connectivity index (χ0v) is 20.6. The van der Waals surface area contributed by atoms with Crippen LogP contribution in [0, 0.1) is 0 Å². The predicted molar refractivity (Wildman–Crippen MR) is 141 cm³/mol. The maximum Gasteiger partial charge on any atom is 0.416 e. The zero-order chi connectivity index (χ0) is 26.3. The molecule has 0 aliphatic heterocycles. The van der Waals surface area contributed by atoms with Gasteiger partial charge in [-0.25, -0.2) is 4.99 Å². The molecule has 190 valence electrons. The van der Waals surface area contributed by atoms with E-state index in [-0.39, 0.29) is 11.5 Å². The summed E-state index contributed by atoms with van der Waals surface area (Å²) in [4.78, 5) is 7.74. The molecule has 0 fully saturated rings. The van der Waals surface area contributed by atoms with Gasteiger partial charge in [0.1, 0.15) is 11.5 Å². The molecule has 0 aliphatic rings. The van der Waals surface area contributed by atoms with Crippen LogP contribution < -0.4 is 0 Å². The first kappa shape index (κ1) is 26.2. The maximum atomic E-state index is 13.1. The van der Waals surface area contributed by atoms with Crippen molar-refractivity contribution in [3.05, 3.63) is 120 Å². The number of thioether (sulfide) groups is 1. The van der Waals surface area contributed by atoms with Gasteiger partial charge in [-0.05, 0) is 78.2 Å². The number of aromatic hydroxyl groups is 2. The molecule has 4 aromatic rings. The van der Waals surface area contributed by atoms with Crippen molar-refractivity contribution in [2.24, 2.45) is 4.99 Å². The second-order valence-corrected chi connectivity index (χ2v) is 9.40. The number of hydrogen-bond acceptors (Lipinski definition) is 4. The van der Waals surface area contributed by atoms with E-state index in [1.807, 2.05) is 53.4 Å². The van der Waals surface area contributed by atoms with Crippen molar-refractivity contribution in [2.75, 3.05) is 6.54 Å². The number of phenolic OH excluding ortho intramolecular Hbond substituents is 2. The molecule has 4 aromatic carbocycles. The monoisotopic (exact) mass is 522 g/mol. The summed E-state index contributed by atoms with van der Waals surface area (Å²) >= 11 is 1.42. The van der Waals surface area contributed by atoms with E-state index in [2.05, 4.69) is 0 Å². The molecule has 0 spiro atoms. The van der Waals surface area contributed by atoms with E-state index < -0.39 is 11.7 Å². The summed E-state index contributed by atoms with van der Waals surface area (Å²) in [6.07, 6.45) is -3.82. The molecule has 4 rings (SSSR count). The summed E-state index contributed by atoms with van der Waals surface area (Å²) in [6.45, 7) is 0.988. The Kier molecular flexibility index (Phi) is 8.40. The van der Waals surface area contributed by atoms with Gasteiger partial charge in [0.2, 0.25) is 0 Å². The van der Waals surface area contributed by atoms with E-state index in [4.69, 9.17) is 4.99 Å². The minimum absolute atomic E-state index is 0.160. The van der Waals surface area contributed by atoms with Gasteiger partial charge in [-0.15, -0.1) is 0 Å². The Morgan fingerprint density at radius 3 is 2.11 bits per heavy atom. The molecular formula is C29H25F3N2O2S. The summed E-state index contributed by atoms with van der Waals surface area (Å²) in [7, 11) is 0. The normalized spacial score (nSPS) is 11.9. The van der Waals surface area contributed by atoms with Crippen molar-refractivity contribution in [2.45, 2.75) is 24.0 Å². The molecular weight excluding hydrogens is 497 g/mol. The molecule has 0 saturated heterocycles. The fourth-order valence-electron chi connectivity index (χ4n) is 3.63. The molecule has 0 aromatic heterocycles. The Bertz CT molecular complexity index is 1330. The quantitative estimate of drug-likeness (QED) is 0.149. The molecule has 0 radical (unpaired) electrons. The molecule has 0 heterocycles. The van der Waals surface area contributed by atoms with Gasteiger partial charge in [-0.3, -0.25) is 0 Å². The number of amidine groups is 1. The van der Waals surface area contributed by atoms with E-state index in [1.165, 1.54) is 23.9 Å². The molecule has 0 aliphatic carbocycles. The van der Waals surface area contributed by atoms with E-state index in [0.717, 1.165) is 28.2 Å². The van der Waals surface area contributed by atoms with Crippen molar-refractivity contribution >= 4 is 22.6 Å². The van der Waals surface area contributed by atoms with Gasteiger partial charge in [0, 0.05) is 18.0 Å². The first-order valence-corrected chi connectivity index (χ1v) is 12.4. The van der Waals surface area contributed by atoms with Crippen molar-refractivity contribution in [3.8, 4) is 11.5 Å². The van der Waals surface area contributed by atoms with Crippen LogP contribution in [0.3, 0.4) is 0 Å². The highest BCUT2D eigenvalue weighted by Crippen LogP contribution is 2.32. The van der Waals surface area contributed by atoms with Gasteiger partial charge in [-0.2, -0.15) is 13.2 Å². The van der Waals surface area contributed by atoms with Crippen molar-refractivity contribution in [3.63, 3.8) is 0 Å². The van der Waals surface area contributed by atoms with Crippen LogP contribution in [0.1, 0.15) is 16.7 Å². The van der Waals surface area contributed by atoms with Gasteiger partial charge in [0.15, 0.2) is 5.17 Å². The standard InChI is InChI=1S/C29H25F3N2O2S/c30-29(31,32)23-11-13-24(14-12-23)33-28(37-27-7-2-1-3-8-27)34(20-22-9-15-25(35)16-10-22)18-17-21-5-4-6-26(36)19-21/h1-16,19,35-36H,17-18,20H2. The number of nitrogens with zero attached hydrogens (tertiary/aromatic N) is 2. The van der Waals surface area contributed by atoms with Crippen molar-refractivity contribution < 1.29 is 23.4 Å². The maximum absolute atomic E-state index is 13.1. The van der Waals surface area contributed by atoms with Gasteiger partial charge in [0.05, 0.1) is 11.3 Å². The highest BCUT2D eigenvalue weighted by molar-refractivity contribution is 8.13. The lowest BCUT2D eigenvalue weighted by Crippen LogP contribution is -2.30. The Morgan fingerprint density at radius 1 is 0.757 bits per heavy atom. The number of alkyl halides is 3. The molecule has 0 atom stereocenters. The number of aliphatic imine (C=N–C) groups is 1. The van der Waals surface area contributed by atoms with Gasteiger partial charge < -0.3 is 15.1 Å². The van der Waals surface area contributed by atoms with Crippen molar-refractivity contribution in [1.82, 2.24) is 4.90 Å². The summed E-state index contributed by atoms with van der Waals surface area (Å²) < 4.78 is 39.2. The first-order chi connectivity index (χ1) is 17.8. The van der Waals surface area contributed by atoms with E-state index in [9.17, 15) is 23.4 Å². The van der Waals surface area contributed by atoms with Crippen LogP contribution in [0.2, 0.25) is 0 Å². The molecule has 0 unspecified atom stereocenters. The highest BCUT2D eigenvalue weighted by atomic mass is 32.2.